The third-order valence-electron chi connectivity index (χ3n) is 3.81. The molecule has 1 unspecified atom stereocenters. The van der Waals surface area contributed by atoms with Gasteiger partial charge in [0.25, 0.3) is 0 Å². The average Bonchev–Trinajstić information content (AvgIpc) is 2.83. The monoisotopic (exact) mass is 396 g/mol. The molecule has 0 aliphatic carbocycles. The summed E-state index contributed by atoms with van der Waals surface area (Å²) in [5.74, 6) is -5.59. The maximum Gasteiger partial charge on any atom is 0.391 e. The Morgan fingerprint density at radius 3 is 2.27 bits per heavy atom. The van der Waals surface area contributed by atoms with Gasteiger partial charge in [0.2, 0.25) is 0 Å². The molecule has 0 radical (unpaired) electrons. The number of rotatable bonds is 5. The van der Waals surface area contributed by atoms with Crippen LogP contribution in [-0.2, 0) is 12.8 Å². The predicted octanol–water partition coefficient (Wildman–Crippen LogP) is 4.81. The zero-order valence-corrected chi connectivity index (χ0v) is 14.4. The number of halogens is 6. The lowest BCUT2D eigenvalue weighted by Crippen LogP contribution is -2.22. The molecular formula is C16H14ClF5N2O2. The summed E-state index contributed by atoms with van der Waals surface area (Å²) in [6, 6.07) is 1.55. The van der Waals surface area contributed by atoms with E-state index in [1.807, 2.05) is 0 Å². The highest BCUT2D eigenvalue weighted by Crippen LogP contribution is 2.32. The first-order valence-electron chi connectivity index (χ1n) is 7.52. The fourth-order valence-corrected chi connectivity index (χ4v) is 2.77. The van der Waals surface area contributed by atoms with Gasteiger partial charge in [0.1, 0.15) is 16.7 Å². The van der Waals surface area contributed by atoms with Crippen LogP contribution in [0.3, 0.4) is 0 Å². The van der Waals surface area contributed by atoms with Crippen LogP contribution in [-0.4, -0.2) is 26.8 Å². The highest BCUT2D eigenvalue weighted by atomic mass is 35.5. The summed E-state index contributed by atoms with van der Waals surface area (Å²) in [4.78, 5) is 14.9. The normalized spacial score (nSPS) is 13.1. The minimum absolute atomic E-state index is 0.00149. The van der Waals surface area contributed by atoms with Gasteiger partial charge in [-0.05, 0) is 24.1 Å². The van der Waals surface area contributed by atoms with E-state index in [0.29, 0.717) is 0 Å². The van der Waals surface area contributed by atoms with Gasteiger partial charge in [-0.15, -0.1) is 0 Å². The number of carboxylic acid groups (broad SMARTS) is 1. The maximum absolute atomic E-state index is 14.5. The minimum Gasteiger partial charge on any atom is -0.476 e. The van der Waals surface area contributed by atoms with Crippen molar-refractivity contribution in [3.8, 4) is 5.69 Å². The molecule has 1 aromatic heterocycles. The number of hydrogen-bond donors (Lipinski definition) is 1. The fourth-order valence-electron chi connectivity index (χ4n) is 2.46. The number of imidazole rings is 1. The van der Waals surface area contributed by atoms with Crippen LogP contribution >= 0.6 is 11.6 Å². The third-order valence-corrected chi connectivity index (χ3v) is 4.16. The van der Waals surface area contributed by atoms with E-state index in [0.717, 1.165) is 23.6 Å². The van der Waals surface area contributed by atoms with E-state index in [-0.39, 0.29) is 17.8 Å². The van der Waals surface area contributed by atoms with Crippen LogP contribution in [0.2, 0.25) is 5.15 Å². The topological polar surface area (TPSA) is 55.1 Å². The highest BCUT2D eigenvalue weighted by molar-refractivity contribution is 6.32. The minimum atomic E-state index is -4.49. The smallest absolute Gasteiger partial charge is 0.391 e. The van der Waals surface area contributed by atoms with Crippen molar-refractivity contribution in [1.29, 1.82) is 0 Å². The van der Waals surface area contributed by atoms with Gasteiger partial charge in [-0.25, -0.2) is 18.6 Å². The van der Waals surface area contributed by atoms with Crippen LogP contribution in [0.5, 0.6) is 0 Å². The second-order valence-corrected chi connectivity index (χ2v) is 6.07. The van der Waals surface area contributed by atoms with Crippen molar-refractivity contribution < 1.29 is 31.9 Å². The molecule has 0 aliphatic heterocycles. The van der Waals surface area contributed by atoms with Crippen molar-refractivity contribution in [3.63, 3.8) is 0 Å². The number of alkyl halides is 3. The molecule has 1 atom stereocenters. The lowest BCUT2D eigenvalue weighted by molar-refractivity contribution is -0.169. The van der Waals surface area contributed by atoms with Crippen LogP contribution in [0, 0.1) is 17.6 Å². The van der Waals surface area contributed by atoms with Crippen molar-refractivity contribution in [2.45, 2.75) is 32.9 Å². The number of carboxylic acids is 1. The quantitative estimate of drug-likeness (QED) is 0.738. The van der Waals surface area contributed by atoms with Crippen molar-refractivity contribution in [2.75, 3.05) is 0 Å². The highest BCUT2D eigenvalue weighted by Gasteiger charge is 2.36. The van der Waals surface area contributed by atoms with Crippen LogP contribution in [0.4, 0.5) is 22.0 Å². The molecule has 0 saturated heterocycles. The van der Waals surface area contributed by atoms with Crippen molar-refractivity contribution in [1.82, 2.24) is 9.55 Å². The Morgan fingerprint density at radius 1 is 1.31 bits per heavy atom. The van der Waals surface area contributed by atoms with Gasteiger partial charge in [0.15, 0.2) is 17.3 Å². The number of benzene rings is 1. The molecule has 0 bridgehead atoms. The summed E-state index contributed by atoms with van der Waals surface area (Å²) in [6.45, 7) is 2.49. The fraction of sp³-hybridized carbons (Fsp3) is 0.375. The Bertz CT molecular complexity index is 825. The van der Waals surface area contributed by atoms with E-state index in [9.17, 15) is 26.7 Å². The van der Waals surface area contributed by atoms with Gasteiger partial charge in [-0.1, -0.05) is 25.4 Å². The predicted molar refractivity (Wildman–Crippen MR) is 83.8 cm³/mol. The lowest BCUT2D eigenvalue weighted by atomic mass is 10.00. The van der Waals surface area contributed by atoms with Gasteiger partial charge >= 0.3 is 12.1 Å². The molecule has 2 rings (SSSR count). The van der Waals surface area contributed by atoms with Gasteiger partial charge in [0.05, 0.1) is 5.92 Å². The molecule has 0 aliphatic rings. The van der Waals surface area contributed by atoms with Crippen LogP contribution in [0.1, 0.15) is 35.7 Å². The maximum atomic E-state index is 14.5. The third kappa shape index (κ3) is 3.82. The summed E-state index contributed by atoms with van der Waals surface area (Å²) < 4.78 is 67.7. The molecule has 1 heterocycles. The first kappa shape index (κ1) is 20.2. The molecule has 0 amide bonds. The second-order valence-electron chi connectivity index (χ2n) is 5.72. The Morgan fingerprint density at radius 2 is 1.85 bits per heavy atom. The zero-order valence-electron chi connectivity index (χ0n) is 13.7. The first-order valence-corrected chi connectivity index (χ1v) is 7.90. The van der Waals surface area contributed by atoms with Gasteiger partial charge < -0.3 is 5.11 Å². The first-order chi connectivity index (χ1) is 12.0. The number of aromatic carboxylic acids is 1. The Balaban J connectivity index is 2.55. The largest absolute Gasteiger partial charge is 0.476 e. The van der Waals surface area contributed by atoms with E-state index in [4.69, 9.17) is 16.7 Å². The molecule has 2 aromatic rings. The summed E-state index contributed by atoms with van der Waals surface area (Å²) in [5.41, 5.74) is -1.44. The molecular weight excluding hydrogens is 383 g/mol. The Labute approximate surface area is 150 Å². The van der Waals surface area contributed by atoms with Crippen molar-refractivity contribution in [2.24, 2.45) is 5.92 Å². The van der Waals surface area contributed by atoms with Gasteiger partial charge in [-0.3, -0.25) is 4.57 Å². The van der Waals surface area contributed by atoms with Gasteiger partial charge in [-0.2, -0.15) is 13.2 Å². The van der Waals surface area contributed by atoms with E-state index in [1.165, 1.54) is 0 Å². The second kappa shape index (κ2) is 7.22. The molecule has 1 aromatic carbocycles. The number of carbonyl (C=O) groups is 1. The lowest BCUT2D eigenvalue weighted by Gasteiger charge is -2.17. The molecule has 26 heavy (non-hydrogen) atoms. The summed E-state index contributed by atoms with van der Waals surface area (Å²) >= 11 is 5.90. The molecule has 10 heteroatoms. The number of hydrogen-bond acceptors (Lipinski definition) is 2. The van der Waals surface area contributed by atoms with Crippen LogP contribution < -0.4 is 0 Å². The summed E-state index contributed by atoms with van der Waals surface area (Å²) in [6.07, 6.45) is -4.97. The average molecular weight is 397 g/mol. The van der Waals surface area contributed by atoms with Crippen molar-refractivity contribution >= 4 is 17.6 Å². The van der Waals surface area contributed by atoms with E-state index < -0.39 is 52.7 Å². The molecule has 4 nitrogen and oxygen atoms in total. The van der Waals surface area contributed by atoms with E-state index in [1.54, 1.807) is 6.92 Å². The van der Waals surface area contributed by atoms with Crippen molar-refractivity contribution in [3.05, 3.63) is 46.0 Å². The van der Waals surface area contributed by atoms with Gasteiger partial charge in [0, 0.05) is 6.42 Å². The number of aromatic nitrogens is 2. The molecule has 0 spiro atoms. The van der Waals surface area contributed by atoms with E-state index in [2.05, 4.69) is 4.98 Å². The number of nitrogens with zero attached hydrogens (tertiary/aromatic N) is 2. The molecule has 0 saturated carbocycles. The molecule has 142 valence electrons. The van der Waals surface area contributed by atoms with Crippen LogP contribution in [0.25, 0.3) is 5.69 Å². The van der Waals surface area contributed by atoms with E-state index >= 15 is 0 Å². The summed E-state index contributed by atoms with van der Waals surface area (Å²) in [5, 5.41) is 8.55. The zero-order chi connectivity index (χ0) is 19.8. The Kier molecular flexibility index (Phi) is 5.60. The Hall–Kier alpha value is -2.16. The van der Waals surface area contributed by atoms with Crippen LogP contribution in [0.15, 0.2) is 12.1 Å². The SMILES string of the molecule is CCc1nc(C(=O)O)c(Cl)n1-c1c(F)cc(CC(C)C(F)(F)F)cc1F. The summed E-state index contributed by atoms with van der Waals surface area (Å²) in [7, 11) is 0. The molecule has 0 fully saturated rings. The number of aryl methyl sites for hydroxylation is 1. The molecule has 1 N–H and O–H groups in total. The standard InChI is InChI=1S/C16H14ClF5N2O2/c1-3-11-23-12(15(25)26)14(17)24(11)13-9(18)5-8(6-10(13)19)4-7(2)16(20,21)22/h5-7H,3-4H2,1-2H3,(H,25,26).